The van der Waals surface area contributed by atoms with Crippen molar-refractivity contribution in [1.29, 1.82) is 0 Å². The van der Waals surface area contributed by atoms with Crippen LogP contribution in [0.4, 0.5) is 0 Å². The van der Waals surface area contributed by atoms with E-state index in [1.54, 1.807) is 0 Å². The van der Waals surface area contributed by atoms with Crippen LogP contribution in [0, 0.1) is 0 Å². The van der Waals surface area contributed by atoms with Crippen LogP contribution in [0.25, 0.3) is 11.1 Å². The Kier molecular flexibility index (Phi) is 27.1. The van der Waals surface area contributed by atoms with E-state index in [-0.39, 0.29) is 36.8 Å². The van der Waals surface area contributed by atoms with Crippen molar-refractivity contribution in [3.63, 3.8) is 0 Å². The Balaban J connectivity index is 0.00000620. The second-order valence-electron chi connectivity index (χ2n) is 18.2. The molecule has 2 aromatic carbocycles. The highest BCUT2D eigenvalue weighted by molar-refractivity contribution is 5.71. The molecule has 8 heteroatoms. The number of rotatable bonds is 27. The number of benzene rings is 2. The summed E-state index contributed by atoms with van der Waals surface area (Å²) in [6.45, 7) is 17.2. The Bertz CT molecular complexity index is 1410. The lowest BCUT2D eigenvalue weighted by Crippen LogP contribution is -3.00. The average molecular weight is 870 g/mol. The van der Waals surface area contributed by atoms with Gasteiger partial charge in [0.05, 0.1) is 52.5 Å². The maximum absolute atomic E-state index is 12.9. The fraction of sp³-hybridized carbons (Fsp3) is 0.654. The van der Waals surface area contributed by atoms with E-state index in [1.807, 2.05) is 0 Å². The minimum Gasteiger partial charge on any atom is -1.00 e. The van der Waals surface area contributed by atoms with Crippen molar-refractivity contribution < 1.29 is 52.8 Å². The maximum Gasteiger partial charge on any atom is 0.361 e. The van der Waals surface area contributed by atoms with E-state index in [4.69, 9.17) is 9.47 Å². The summed E-state index contributed by atoms with van der Waals surface area (Å²) in [5.74, 6) is -0.0406. The van der Waals surface area contributed by atoms with Gasteiger partial charge in [-0.1, -0.05) is 138 Å². The largest absolute Gasteiger partial charge is 1.00 e. The van der Waals surface area contributed by atoms with Gasteiger partial charge in [-0.25, -0.2) is 9.59 Å². The molecule has 2 fully saturated rings. The molecule has 0 unspecified atom stereocenters. The van der Waals surface area contributed by atoms with Crippen LogP contribution in [-0.2, 0) is 31.9 Å². The number of hydrogen-bond acceptors (Lipinski definition) is 4. The summed E-state index contributed by atoms with van der Waals surface area (Å²) in [6, 6.07) is 18.1. The van der Waals surface area contributed by atoms with Gasteiger partial charge in [-0.3, -0.25) is 0 Å². The molecule has 0 atom stereocenters. The Labute approximate surface area is 378 Å². The minimum absolute atomic E-state index is 0. The number of piperidine rings is 2. The molecule has 0 amide bonds. The summed E-state index contributed by atoms with van der Waals surface area (Å²) < 4.78 is 13.1. The van der Waals surface area contributed by atoms with Crippen LogP contribution in [0.5, 0.6) is 0 Å². The van der Waals surface area contributed by atoms with E-state index < -0.39 is 0 Å². The zero-order valence-electron chi connectivity index (χ0n) is 38.3. The van der Waals surface area contributed by atoms with Gasteiger partial charge in [-0.15, -0.1) is 0 Å². The first-order valence-corrected chi connectivity index (χ1v) is 23.7. The number of hydrogen-bond donors (Lipinski definition) is 0. The van der Waals surface area contributed by atoms with Gasteiger partial charge in [0.2, 0.25) is 0 Å². The van der Waals surface area contributed by atoms with Gasteiger partial charge in [0.25, 0.3) is 0 Å². The van der Waals surface area contributed by atoms with E-state index >= 15 is 0 Å². The molecule has 2 heterocycles. The molecule has 2 aliphatic heterocycles. The zero-order valence-corrected chi connectivity index (χ0v) is 39.8. The smallest absolute Gasteiger partial charge is 0.361 e. The Morgan fingerprint density at radius 1 is 0.500 bits per heavy atom. The number of allylic oxidation sites excluding steroid dienone is 2. The summed E-state index contributed by atoms with van der Waals surface area (Å²) in [5, 5.41) is 0. The van der Waals surface area contributed by atoms with Crippen molar-refractivity contribution in [3.8, 4) is 11.1 Å². The first-order valence-electron chi connectivity index (χ1n) is 23.7. The summed E-state index contributed by atoms with van der Waals surface area (Å²) in [6.07, 6.45) is 28.4. The lowest BCUT2D eigenvalue weighted by molar-refractivity contribution is -0.920. The highest BCUT2D eigenvalue weighted by Crippen LogP contribution is 2.25. The number of ether oxygens (including phenoxy) is 2. The number of quaternary nitrogens is 2. The highest BCUT2D eigenvalue weighted by atomic mass is 35.5. The first kappa shape index (κ1) is 53.5. The van der Waals surface area contributed by atoms with Gasteiger partial charge in [-0.2, -0.15) is 0 Å². The number of halogens is 2. The third-order valence-electron chi connectivity index (χ3n) is 12.8. The minimum atomic E-state index is -0.0203. The van der Waals surface area contributed by atoms with Crippen LogP contribution in [0.2, 0.25) is 0 Å². The van der Waals surface area contributed by atoms with E-state index in [0.29, 0.717) is 26.3 Å². The molecule has 0 N–H and O–H groups in total. The molecule has 0 bridgehead atoms. The standard InChI is InChI=1S/C52H82N2O4.2ClH/c1-5-7-9-11-13-21-39-57-51(55)43-53(33-17-15-18-34-53)37-31-45(3)41-47-23-27-49(28-24-47)50-29-25-48(26-30-50)42-46(4)32-38-54(35-19-16-20-36-54)44-52(56)58-40-22-14-12-10-8-6-2;;/h23-32H,5-22,33-44H2,1-4H3;2*1H/q+2;;/p-2/b45-31+,46-32+;;. The molecule has 6 nitrogen and oxygen atoms in total. The monoisotopic (exact) mass is 869 g/mol. The maximum atomic E-state index is 12.9. The summed E-state index contributed by atoms with van der Waals surface area (Å²) in [5.41, 5.74) is 7.83. The lowest BCUT2D eigenvalue weighted by atomic mass is 9.98. The zero-order chi connectivity index (χ0) is 41.3. The molecule has 4 rings (SSSR count). The van der Waals surface area contributed by atoms with E-state index in [2.05, 4.69) is 88.4 Å². The lowest BCUT2D eigenvalue weighted by Gasteiger charge is -2.40. The number of carbonyl (C=O) groups excluding carboxylic acids is 2. The highest BCUT2D eigenvalue weighted by Gasteiger charge is 2.33. The van der Waals surface area contributed by atoms with Crippen molar-refractivity contribution in [2.75, 3.05) is 65.6 Å². The molecular weight excluding hydrogens is 787 g/mol. The summed E-state index contributed by atoms with van der Waals surface area (Å²) in [4.78, 5) is 25.8. The third kappa shape index (κ3) is 20.5. The second-order valence-corrected chi connectivity index (χ2v) is 18.2. The Hall–Kier alpha value is -2.64. The third-order valence-corrected chi connectivity index (χ3v) is 12.8. The fourth-order valence-corrected chi connectivity index (χ4v) is 9.07. The fourth-order valence-electron chi connectivity index (χ4n) is 9.07. The molecule has 60 heavy (non-hydrogen) atoms. The van der Waals surface area contributed by atoms with Crippen molar-refractivity contribution in [2.24, 2.45) is 0 Å². The van der Waals surface area contributed by atoms with Crippen LogP contribution >= 0.6 is 0 Å². The average Bonchev–Trinajstić information content (AvgIpc) is 3.23. The molecule has 0 spiro atoms. The van der Waals surface area contributed by atoms with Gasteiger partial charge in [0.15, 0.2) is 13.1 Å². The predicted octanol–water partition coefficient (Wildman–Crippen LogP) is 6.15. The summed E-state index contributed by atoms with van der Waals surface area (Å²) >= 11 is 0. The molecule has 2 aliphatic rings. The van der Waals surface area contributed by atoms with Crippen molar-refractivity contribution in [2.45, 2.75) is 156 Å². The number of carbonyl (C=O) groups is 2. The predicted molar refractivity (Wildman–Crippen MR) is 243 cm³/mol. The topological polar surface area (TPSA) is 52.6 Å². The van der Waals surface area contributed by atoms with Gasteiger partial charge in [0.1, 0.15) is 0 Å². The van der Waals surface area contributed by atoms with Gasteiger partial charge < -0.3 is 43.3 Å². The molecule has 0 radical (unpaired) electrons. The van der Waals surface area contributed by atoms with Gasteiger partial charge in [-0.05, 0) is 112 Å². The SMILES string of the molecule is CCCCCCCCOC(=O)C[N+]1(C/C=C(\C)Cc2ccc(-c3ccc(C/C(C)=C/C[N+]4(CC(=O)OCCCCCCCC)CCCCC4)cc3)cc2)CCCCC1.[Cl-].[Cl-]. The van der Waals surface area contributed by atoms with E-state index in [1.165, 1.54) is 123 Å². The van der Waals surface area contributed by atoms with Crippen molar-refractivity contribution in [3.05, 3.63) is 83.0 Å². The molecule has 338 valence electrons. The molecule has 2 aromatic rings. The van der Waals surface area contributed by atoms with Gasteiger partial charge >= 0.3 is 11.9 Å². The second kappa shape index (κ2) is 30.4. The van der Waals surface area contributed by atoms with Crippen molar-refractivity contribution in [1.82, 2.24) is 0 Å². The van der Waals surface area contributed by atoms with Crippen LogP contribution in [0.3, 0.4) is 0 Å². The molecule has 0 saturated carbocycles. The molecule has 2 saturated heterocycles. The number of unbranched alkanes of at least 4 members (excludes halogenated alkanes) is 10. The van der Waals surface area contributed by atoms with Crippen molar-refractivity contribution >= 4 is 11.9 Å². The normalized spacial score (nSPS) is 16.3. The molecule has 0 aromatic heterocycles. The quantitative estimate of drug-likeness (QED) is 0.0469. The van der Waals surface area contributed by atoms with E-state index in [0.717, 1.165) is 86.8 Å². The Morgan fingerprint density at radius 3 is 1.18 bits per heavy atom. The van der Waals surface area contributed by atoms with Crippen LogP contribution in [0.1, 0.15) is 154 Å². The number of esters is 2. The first-order chi connectivity index (χ1) is 28.2. The van der Waals surface area contributed by atoms with Crippen LogP contribution < -0.4 is 24.8 Å². The molecule has 0 aliphatic carbocycles. The summed E-state index contributed by atoms with van der Waals surface area (Å²) in [7, 11) is 0. The molecular formula is C52H82Cl2N2O4. The Morgan fingerprint density at radius 2 is 0.833 bits per heavy atom. The number of likely N-dealkylation sites (tertiary alicyclic amines) is 2. The number of nitrogens with zero attached hydrogens (tertiary/aromatic N) is 2. The van der Waals surface area contributed by atoms with Crippen LogP contribution in [-0.4, -0.2) is 86.5 Å². The van der Waals surface area contributed by atoms with E-state index in [9.17, 15) is 9.59 Å². The van der Waals surface area contributed by atoms with Gasteiger partial charge in [0, 0.05) is 0 Å². The van der Waals surface area contributed by atoms with Crippen LogP contribution in [0.15, 0.2) is 71.8 Å².